The summed E-state index contributed by atoms with van der Waals surface area (Å²) in [5.41, 5.74) is 3.89. The lowest BCUT2D eigenvalue weighted by Crippen LogP contribution is -2.18. The number of hydrogen-bond donors (Lipinski definition) is 0. The Morgan fingerprint density at radius 3 is 2.35 bits per heavy atom. The first-order valence-electron chi connectivity index (χ1n) is 7.34. The first kappa shape index (κ1) is 13.1. The predicted molar refractivity (Wildman–Crippen MR) is 83.3 cm³/mol. The van der Waals surface area contributed by atoms with Crippen LogP contribution in [0.25, 0.3) is 5.57 Å². The van der Waals surface area contributed by atoms with Crippen LogP contribution < -0.4 is 0 Å². The van der Waals surface area contributed by atoms with E-state index in [1.54, 1.807) is 0 Å². The van der Waals surface area contributed by atoms with E-state index < -0.39 is 0 Å². The summed E-state index contributed by atoms with van der Waals surface area (Å²) >= 11 is 0. The van der Waals surface area contributed by atoms with Crippen LogP contribution in [-0.4, -0.2) is 6.10 Å². The maximum Gasteiger partial charge on any atom is 0.0832 e. The Balaban J connectivity index is 1.71. The van der Waals surface area contributed by atoms with Crippen LogP contribution in [0.3, 0.4) is 0 Å². The Morgan fingerprint density at radius 1 is 0.900 bits per heavy atom. The summed E-state index contributed by atoms with van der Waals surface area (Å²) in [6.07, 6.45) is 6.07. The van der Waals surface area contributed by atoms with Crippen LogP contribution in [0.2, 0.25) is 0 Å². The second-order valence-corrected chi connectivity index (χ2v) is 5.24. The molecule has 0 spiro atoms. The molecule has 1 nitrogen and oxygen atoms in total. The fourth-order valence-electron chi connectivity index (χ4n) is 2.73. The van der Waals surface area contributed by atoms with Crippen molar-refractivity contribution in [2.24, 2.45) is 0 Å². The molecule has 1 atom stereocenters. The molecule has 2 aromatic rings. The van der Waals surface area contributed by atoms with Crippen LogP contribution in [0, 0.1) is 0 Å². The Hall–Kier alpha value is -1.86. The van der Waals surface area contributed by atoms with Crippen molar-refractivity contribution in [3.05, 3.63) is 77.9 Å². The van der Waals surface area contributed by atoms with E-state index in [0.717, 1.165) is 12.8 Å². The van der Waals surface area contributed by atoms with Crippen LogP contribution in [0.15, 0.2) is 66.7 Å². The van der Waals surface area contributed by atoms with E-state index in [-0.39, 0.29) is 6.10 Å². The summed E-state index contributed by atoms with van der Waals surface area (Å²) in [7, 11) is 0. The normalized spacial score (nSPS) is 18.6. The monoisotopic (exact) mass is 264 g/mol. The van der Waals surface area contributed by atoms with Crippen molar-refractivity contribution < 1.29 is 4.74 Å². The van der Waals surface area contributed by atoms with Crippen molar-refractivity contribution in [1.29, 1.82) is 0 Å². The zero-order valence-electron chi connectivity index (χ0n) is 11.7. The predicted octanol–water partition coefficient (Wildman–Crippen LogP) is 4.84. The number of allylic oxidation sites excluding steroid dienone is 1. The largest absolute Gasteiger partial charge is 0.369 e. The molecule has 1 unspecified atom stereocenters. The Morgan fingerprint density at radius 2 is 1.60 bits per heavy atom. The first-order valence-corrected chi connectivity index (χ1v) is 7.34. The van der Waals surface area contributed by atoms with E-state index in [2.05, 4.69) is 60.7 Å². The lowest BCUT2D eigenvalue weighted by atomic mass is 9.91. The van der Waals surface area contributed by atoms with Gasteiger partial charge in [0.05, 0.1) is 12.7 Å². The number of ether oxygens (including phenoxy) is 1. The van der Waals surface area contributed by atoms with E-state index in [1.807, 2.05) is 6.07 Å². The SMILES string of the molecule is C1=C(c2ccccc2)C(OCc2ccccc2)CCC1. The Bertz CT molecular complexity index is 557. The minimum atomic E-state index is 0.228. The van der Waals surface area contributed by atoms with Gasteiger partial charge in [-0.05, 0) is 36.0 Å². The van der Waals surface area contributed by atoms with E-state index in [9.17, 15) is 0 Å². The van der Waals surface area contributed by atoms with E-state index in [4.69, 9.17) is 4.74 Å². The van der Waals surface area contributed by atoms with Crippen LogP contribution in [-0.2, 0) is 11.3 Å². The molecule has 1 aliphatic carbocycles. The molecule has 0 aromatic heterocycles. The third kappa shape index (κ3) is 3.17. The molecule has 2 aromatic carbocycles. The van der Waals surface area contributed by atoms with Gasteiger partial charge in [-0.3, -0.25) is 0 Å². The van der Waals surface area contributed by atoms with Gasteiger partial charge in [-0.2, -0.15) is 0 Å². The highest BCUT2D eigenvalue weighted by atomic mass is 16.5. The number of rotatable bonds is 4. The van der Waals surface area contributed by atoms with Crippen molar-refractivity contribution in [2.75, 3.05) is 0 Å². The topological polar surface area (TPSA) is 9.23 Å². The summed E-state index contributed by atoms with van der Waals surface area (Å²) < 4.78 is 6.17. The van der Waals surface area contributed by atoms with Crippen molar-refractivity contribution >= 4 is 5.57 Å². The molecule has 1 heteroatoms. The maximum absolute atomic E-state index is 6.17. The van der Waals surface area contributed by atoms with Gasteiger partial charge in [-0.15, -0.1) is 0 Å². The van der Waals surface area contributed by atoms with Gasteiger partial charge < -0.3 is 4.74 Å². The summed E-state index contributed by atoms with van der Waals surface area (Å²) in [6, 6.07) is 21.0. The van der Waals surface area contributed by atoms with Crippen molar-refractivity contribution in [3.63, 3.8) is 0 Å². The van der Waals surface area contributed by atoms with Gasteiger partial charge in [0.1, 0.15) is 0 Å². The van der Waals surface area contributed by atoms with Crippen LogP contribution in [0.1, 0.15) is 30.4 Å². The average Bonchev–Trinajstić information content (AvgIpc) is 2.55. The molecule has 3 rings (SSSR count). The molecular formula is C19H20O. The van der Waals surface area contributed by atoms with Gasteiger partial charge in [-0.25, -0.2) is 0 Å². The lowest BCUT2D eigenvalue weighted by molar-refractivity contribution is 0.0693. The zero-order valence-corrected chi connectivity index (χ0v) is 11.7. The van der Waals surface area contributed by atoms with Gasteiger partial charge in [0.2, 0.25) is 0 Å². The Kier molecular flexibility index (Phi) is 4.29. The molecule has 0 amide bonds. The average molecular weight is 264 g/mol. The standard InChI is InChI=1S/C19H20O/c1-3-9-16(10-4-1)15-20-19-14-8-7-13-18(19)17-11-5-2-6-12-17/h1-6,9-13,19H,7-8,14-15H2. The minimum Gasteiger partial charge on any atom is -0.369 e. The van der Waals surface area contributed by atoms with E-state index in [0.29, 0.717) is 6.61 Å². The molecule has 0 radical (unpaired) electrons. The third-order valence-corrected chi connectivity index (χ3v) is 3.78. The van der Waals surface area contributed by atoms with Gasteiger partial charge in [0.25, 0.3) is 0 Å². The fourth-order valence-corrected chi connectivity index (χ4v) is 2.73. The maximum atomic E-state index is 6.17. The smallest absolute Gasteiger partial charge is 0.0832 e. The molecule has 0 N–H and O–H groups in total. The highest BCUT2D eigenvalue weighted by Gasteiger charge is 2.19. The van der Waals surface area contributed by atoms with E-state index in [1.165, 1.54) is 23.1 Å². The van der Waals surface area contributed by atoms with Crippen LogP contribution in [0.4, 0.5) is 0 Å². The van der Waals surface area contributed by atoms with Crippen molar-refractivity contribution in [1.82, 2.24) is 0 Å². The molecule has 20 heavy (non-hydrogen) atoms. The second kappa shape index (κ2) is 6.53. The molecule has 0 bridgehead atoms. The van der Waals surface area contributed by atoms with Gasteiger partial charge >= 0.3 is 0 Å². The van der Waals surface area contributed by atoms with Crippen LogP contribution in [0.5, 0.6) is 0 Å². The highest BCUT2D eigenvalue weighted by molar-refractivity contribution is 5.69. The quantitative estimate of drug-likeness (QED) is 0.767. The number of hydrogen-bond acceptors (Lipinski definition) is 1. The molecule has 0 aliphatic heterocycles. The van der Waals surface area contributed by atoms with Gasteiger partial charge in [0, 0.05) is 0 Å². The summed E-state index contributed by atoms with van der Waals surface area (Å²) in [5.74, 6) is 0. The third-order valence-electron chi connectivity index (χ3n) is 3.78. The van der Waals surface area contributed by atoms with Gasteiger partial charge in [0.15, 0.2) is 0 Å². The summed E-state index contributed by atoms with van der Waals surface area (Å²) in [4.78, 5) is 0. The van der Waals surface area contributed by atoms with Crippen molar-refractivity contribution in [3.8, 4) is 0 Å². The number of benzene rings is 2. The fraction of sp³-hybridized carbons (Fsp3) is 0.263. The molecule has 0 saturated carbocycles. The Labute approximate surface area is 120 Å². The molecule has 0 heterocycles. The molecule has 0 fully saturated rings. The molecule has 0 saturated heterocycles. The second-order valence-electron chi connectivity index (χ2n) is 5.24. The first-order chi connectivity index (χ1) is 9.93. The van der Waals surface area contributed by atoms with Crippen LogP contribution >= 0.6 is 0 Å². The lowest BCUT2D eigenvalue weighted by Gasteiger charge is -2.25. The highest BCUT2D eigenvalue weighted by Crippen LogP contribution is 2.30. The zero-order chi connectivity index (χ0) is 13.6. The summed E-state index contributed by atoms with van der Waals surface area (Å²) in [5, 5.41) is 0. The molecular weight excluding hydrogens is 244 g/mol. The minimum absolute atomic E-state index is 0.228. The molecule has 102 valence electrons. The van der Waals surface area contributed by atoms with Crippen molar-refractivity contribution in [2.45, 2.75) is 32.0 Å². The van der Waals surface area contributed by atoms with Gasteiger partial charge in [-0.1, -0.05) is 66.7 Å². The molecule has 1 aliphatic rings. The summed E-state index contributed by atoms with van der Waals surface area (Å²) in [6.45, 7) is 0.690. The van der Waals surface area contributed by atoms with E-state index >= 15 is 0 Å².